The number of benzene rings is 1. The highest BCUT2D eigenvalue weighted by molar-refractivity contribution is 14.1. The Kier molecular flexibility index (Phi) is 4.95. The molecule has 7 heteroatoms. The molecule has 0 aliphatic rings. The van der Waals surface area contributed by atoms with Crippen molar-refractivity contribution >= 4 is 57.4 Å². The largest absolute Gasteiger partial charge is 0.321 e. The van der Waals surface area contributed by atoms with Gasteiger partial charge in [-0.25, -0.2) is 9.97 Å². The zero-order valence-corrected chi connectivity index (χ0v) is 13.2. The first-order valence-corrected chi connectivity index (χ1v) is 7.10. The molecule has 2 rings (SSSR count). The number of amides is 1. The second-order valence-electron chi connectivity index (χ2n) is 3.65. The van der Waals surface area contributed by atoms with E-state index < -0.39 is 0 Å². The van der Waals surface area contributed by atoms with Crippen LogP contribution >= 0.6 is 45.8 Å². The van der Waals surface area contributed by atoms with E-state index in [1.165, 1.54) is 6.33 Å². The molecule has 0 atom stereocenters. The summed E-state index contributed by atoms with van der Waals surface area (Å²) in [7, 11) is 0. The van der Waals surface area contributed by atoms with Crippen molar-refractivity contribution in [1.29, 1.82) is 0 Å². The monoisotopic (exact) mass is 407 g/mol. The van der Waals surface area contributed by atoms with Crippen molar-refractivity contribution in [3.05, 3.63) is 50.0 Å². The van der Waals surface area contributed by atoms with Crippen LogP contribution < -0.4 is 5.32 Å². The van der Waals surface area contributed by atoms with Crippen LogP contribution in [0.3, 0.4) is 0 Å². The number of nitrogens with zero attached hydrogens (tertiary/aromatic N) is 2. The van der Waals surface area contributed by atoms with E-state index >= 15 is 0 Å². The predicted molar refractivity (Wildman–Crippen MR) is 83.5 cm³/mol. The maximum atomic E-state index is 12.0. The van der Waals surface area contributed by atoms with Crippen molar-refractivity contribution in [2.24, 2.45) is 0 Å². The van der Waals surface area contributed by atoms with Gasteiger partial charge in [-0.05, 0) is 34.2 Å². The van der Waals surface area contributed by atoms with Crippen molar-refractivity contribution in [1.82, 2.24) is 9.97 Å². The van der Waals surface area contributed by atoms with Gasteiger partial charge in [-0.3, -0.25) is 4.79 Å². The molecule has 1 amide bonds. The molecule has 98 valence electrons. The lowest BCUT2D eigenvalue weighted by Crippen LogP contribution is -2.16. The summed E-state index contributed by atoms with van der Waals surface area (Å²) in [5.41, 5.74) is 1.17. The number of anilines is 1. The lowest BCUT2D eigenvalue weighted by molar-refractivity contribution is -0.115. The summed E-state index contributed by atoms with van der Waals surface area (Å²) in [4.78, 5) is 19.5. The summed E-state index contributed by atoms with van der Waals surface area (Å²) in [6.45, 7) is 0. The summed E-state index contributed by atoms with van der Waals surface area (Å²) in [5.74, 6) is -0.220. The third-order valence-corrected chi connectivity index (χ3v) is 3.95. The molecule has 1 heterocycles. The Morgan fingerprint density at radius 2 is 1.84 bits per heavy atom. The van der Waals surface area contributed by atoms with Crippen molar-refractivity contribution in [2.45, 2.75) is 6.42 Å². The molecule has 0 aliphatic carbocycles. The van der Waals surface area contributed by atoms with Crippen LogP contribution in [0, 0.1) is 3.57 Å². The second kappa shape index (κ2) is 6.49. The Hall–Kier alpha value is -0.920. The minimum Gasteiger partial charge on any atom is -0.321 e. The fourth-order valence-electron chi connectivity index (χ4n) is 1.45. The molecule has 0 unspecified atom stereocenters. The van der Waals surface area contributed by atoms with Gasteiger partial charge in [0.2, 0.25) is 5.91 Å². The maximum Gasteiger partial charge on any atom is 0.228 e. The molecular formula is C12H8Cl2IN3O. The van der Waals surface area contributed by atoms with Crippen molar-refractivity contribution in [3.63, 3.8) is 0 Å². The van der Waals surface area contributed by atoms with Gasteiger partial charge in [-0.2, -0.15) is 0 Å². The quantitative estimate of drug-likeness (QED) is 0.625. The van der Waals surface area contributed by atoms with Crippen molar-refractivity contribution in [3.8, 4) is 0 Å². The first-order valence-electron chi connectivity index (χ1n) is 5.27. The number of halogens is 3. The molecule has 0 saturated carbocycles. The van der Waals surface area contributed by atoms with E-state index in [2.05, 4.69) is 37.9 Å². The van der Waals surface area contributed by atoms with Gasteiger partial charge in [0.1, 0.15) is 12.0 Å². The Morgan fingerprint density at radius 1 is 1.21 bits per heavy atom. The number of hydrogen-bond acceptors (Lipinski definition) is 3. The van der Waals surface area contributed by atoms with E-state index in [9.17, 15) is 4.79 Å². The summed E-state index contributed by atoms with van der Waals surface area (Å²) >= 11 is 13.9. The highest BCUT2D eigenvalue weighted by Gasteiger charge is 2.13. The minimum atomic E-state index is -0.220. The molecule has 1 aromatic heterocycles. The van der Waals surface area contributed by atoms with Gasteiger partial charge in [0.05, 0.1) is 6.42 Å². The van der Waals surface area contributed by atoms with Crippen molar-refractivity contribution in [2.75, 3.05) is 5.32 Å². The van der Waals surface area contributed by atoms with E-state index in [4.69, 9.17) is 23.2 Å². The fraction of sp³-hybridized carbons (Fsp3) is 0.0833. The van der Waals surface area contributed by atoms with Crippen LogP contribution in [0.15, 0.2) is 30.6 Å². The summed E-state index contributed by atoms with van der Waals surface area (Å²) in [6, 6.07) is 7.64. The molecule has 0 spiro atoms. The maximum absolute atomic E-state index is 12.0. The number of aromatic nitrogens is 2. The topological polar surface area (TPSA) is 54.9 Å². The van der Waals surface area contributed by atoms with Gasteiger partial charge in [0, 0.05) is 3.57 Å². The number of nitrogens with one attached hydrogen (secondary N) is 1. The average Bonchev–Trinajstić information content (AvgIpc) is 2.37. The summed E-state index contributed by atoms with van der Waals surface area (Å²) < 4.78 is 1.02. The highest BCUT2D eigenvalue weighted by Crippen LogP contribution is 2.25. The lowest BCUT2D eigenvalue weighted by atomic mass is 10.1. The first-order chi connectivity index (χ1) is 9.08. The van der Waals surface area contributed by atoms with Gasteiger partial charge in [0.25, 0.3) is 0 Å². The standard InChI is InChI=1S/C12H8Cl2IN3O/c13-11-10(12(14)17-6-16-11)18-9(19)5-7-3-1-2-4-8(7)15/h1-4,6H,5H2,(H,18,19). The fourth-order valence-corrected chi connectivity index (χ4v) is 2.43. The Labute approximate surface area is 133 Å². The number of hydrogen-bond donors (Lipinski definition) is 1. The van der Waals surface area contributed by atoms with Crippen LogP contribution in [0.5, 0.6) is 0 Å². The van der Waals surface area contributed by atoms with Gasteiger partial charge in [-0.15, -0.1) is 0 Å². The SMILES string of the molecule is O=C(Cc1ccccc1I)Nc1c(Cl)ncnc1Cl. The Morgan fingerprint density at radius 3 is 2.47 bits per heavy atom. The zero-order valence-electron chi connectivity index (χ0n) is 9.53. The molecule has 0 bridgehead atoms. The van der Waals surface area contributed by atoms with Gasteiger partial charge in [-0.1, -0.05) is 41.4 Å². The minimum absolute atomic E-state index is 0.121. The van der Waals surface area contributed by atoms with Crippen LogP contribution in [-0.2, 0) is 11.2 Å². The van der Waals surface area contributed by atoms with Gasteiger partial charge < -0.3 is 5.32 Å². The zero-order chi connectivity index (χ0) is 13.8. The smallest absolute Gasteiger partial charge is 0.228 e. The molecule has 2 aromatic rings. The van der Waals surface area contributed by atoms with Crippen LogP contribution in [0.1, 0.15) is 5.56 Å². The van der Waals surface area contributed by atoms with Crippen LogP contribution in [0.2, 0.25) is 10.3 Å². The number of carbonyl (C=O) groups excluding carboxylic acids is 1. The van der Waals surface area contributed by atoms with E-state index in [1.807, 2.05) is 24.3 Å². The highest BCUT2D eigenvalue weighted by atomic mass is 127. The molecule has 0 radical (unpaired) electrons. The predicted octanol–water partition coefficient (Wildman–Crippen LogP) is 3.57. The summed E-state index contributed by atoms with van der Waals surface area (Å²) in [6.07, 6.45) is 1.47. The van der Waals surface area contributed by atoms with E-state index in [0.717, 1.165) is 9.13 Å². The van der Waals surface area contributed by atoms with E-state index in [1.54, 1.807) is 0 Å². The molecule has 19 heavy (non-hydrogen) atoms. The van der Waals surface area contributed by atoms with Crippen LogP contribution in [0.4, 0.5) is 5.69 Å². The molecule has 0 saturated heterocycles. The Balaban J connectivity index is 2.12. The molecule has 0 fully saturated rings. The third-order valence-electron chi connectivity index (χ3n) is 2.33. The number of rotatable bonds is 3. The molecular weight excluding hydrogens is 400 g/mol. The van der Waals surface area contributed by atoms with E-state index in [-0.39, 0.29) is 28.3 Å². The van der Waals surface area contributed by atoms with E-state index in [0.29, 0.717) is 0 Å². The average molecular weight is 408 g/mol. The molecule has 1 N–H and O–H groups in total. The third kappa shape index (κ3) is 3.77. The van der Waals surface area contributed by atoms with Crippen LogP contribution in [-0.4, -0.2) is 15.9 Å². The molecule has 1 aromatic carbocycles. The number of carbonyl (C=O) groups is 1. The normalized spacial score (nSPS) is 10.3. The first kappa shape index (κ1) is 14.5. The van der Waals surface area contributed by atoms with Crippen molar-refractivity contribution < 1.29 is 4.79 Å². The van der Waals surface area contributed by atoms with Gasteiger partial charge in [0.15, 0.2) is 10.3 Å². The van der Waals surface area contributed by atoms with Crippen LogP contribution in [0.25, 0.3) is 0 Å². The second-order valence-corrected chi connectivity index (χ2v) is 5.52. The summed E-state index contributed by atoms with van der Waals surface area (Å²) in [5, 5.41) is 2.87. The molecule has 4 nitrogen and oxygen atoms in total. The Bertz CT molecular complexity index is 601. The van der Waals surface area contributed by atoms with Gasteiger partial charge >= 0.3 is 0 Å². The lowest BCUT2D eigenvalue weighted by Gasteiger charge is -2.08. The molecule has 0 aliphatic heterocycles.